The van der Waals surface area contributed by atoms with E-state index in [2.05, 4.69) is 20.9 Å². The van der Waals surface area contributed by atoms with Crippen LogP contribution in [0.4, 0.5) is 0 Å². The van der Waals surface area contributed by atoms with E-state index in [1.165, 1.54) is 5.69 Å². The van der Waals surface area contributed by atoms with Crippen LogP contribution < -0.4 is 0 Å². The van der Waals surface area contributed by atoms with Crippen LogP contribution in [0.1, 0.15) is 5.69 Å². The third-order valence-electron chi connectivity index (χ3n) is 3.34. The Morgan fingerprint density at radius 1 is 1.39 bits per heavy atom. The molecule has 2 aromatic heterocycles. The molecular formula is C13H16ClN3O. The number of halogens is 1. The van der Waals surface area contributed by atoms with Crippen LogP contribution in [0.3, 0.4) is 0 Å². The normalized spacial score (nSPS) is 17.4. The standard InChI is InChI=1S/C13H16ClN3O/c14-12-1-3-15-13-11(12)9-10(16-13)2-4-17-5-7-18-8-6-17/h1,3,9H,2,4-8H2,(H,15,16). The second kappa shape index (κ2) is 5.26. The van der Waals surface area contributed by atoms with Crippen molar-refractivity contribution in [3.8, 4) is 0 Å². The van der Waals surface area contributed by atoms with Crippen molar-refractivity contribution in [2.24, 2.45) is 0 Å². The van der Waals surface area contributed by atoms with Crippen molar-refractivity contribution in [3.05, 3.63) is 29.0 Å². The van der Waals surface area contributed by atoms with Gasteiger partial charge in [-0.1, -0.05) is 11.6 Å². The van der Waals surface area contributed by atoms with Gasteiger partial charge in [0.25, 0.3) is 0 Å². The molecule has 1 aliphatic heterocycles. The Morgan fingerprint density at radius 3 is 3.00 bits per heavy atom. The van der Waals surface area contributed by atoms with E-state index < -0.39 is 0 Å². The van der Waals surface area contributed by atoms with Gasteiger partial charge in [-0.25, -0.2) is 4.98 Å². The lowest BCUT2D eigenvalue weighted by atomic mass is 10.2. The molecule has 4 nitrogen and oxygen atoms in total. The topological polar surface area (TPSA) is 41.2 Å². The number of aromatic nitrogens is 2. The highest BCUT2D eigenvalue weighted by atomic mass is 35.5. The van der Waals surface area contributed by atoms with Gasteiger partial charge < -0.3 is 9.72 Å². The minimum atomic E-state index is 0.758. The summed E-state index contributed by atoms with van der Waals surface area (Å²) in [4.78, 5) is 10.0. The van der Waals surface area contributed by atoms with Crippen molar-refractivity contribution in [1.29, 1.82) is 0 Å². The average molecular weight is 266 g/mol. The second-order valence-electron chi connectivity index (χ2n) is 4.55. The fourth-order valence-corrected chi connectivity index (χ4v) is 2.49. The zero-order valence-corrected chi connectivity index (χ0v) is 10.9. The fourth-order valence-electron chi connectivity index (χ4n) is 2.29. The van der Waals surface area contributed by atoms with Crippen LogP contribution in [0.2, 0.25) is 5.02 Å². The maximum Gasteiger partial charge on any atom is 0.138 e. The number of fused-ring (bicyclic) bond motifs is 1. The molecule has 0 aliphatic carbocycles. The molecule has 18 heavy (non-hydrogen) atoms. The molecule has 0 unspecified atom stereocenters. The fraction of sp³-hybridized carbons (Fsp3) is 0.462. The molecular weight excluding hydrogens is 250 g/mol. The average Bonchev–Trinajstić information content (AvgIpc) is 2.82. The molecule has 0 amide bonds. The maximum absolute atomic E-state index is 6.13. The van der Waals surface area contributed by atoms with E-state index >= 15 is 0 Å². The summed E-state index contributed by atoms with van der Waals surface area (Å²) in [6.45, 7) is 4.80. The van der Waals surface area contributed by atoms with Gasteiger partial charge in [0, 0.05) is 43.3 Å². The third kappa shape index (κ3) is 2.51. The summed E-state index contributed by atoms with van der Waals surface area (Å²) >= 11 is 6.13. The molecule has 1 aliphatic rings. The van der Waals surface area contributed by atoms with Crippen molar-refractivity contribution in [1.82, 2.24) is 14.9 Å². The Balaban J connectivity index is 1.69. The predicted octanol–water partition coefficient (Wildman–Crippen LogP) is 2.09. The smallest absolute Gasteiger partial charge is 0.138 e. The largest absolute Gasteiger partial charge is 0.379 e. The van der Waals surface area contributed by atoms with E-state index in [-0.39, 0.29) is 0 Å². The SMILES string of the molecule is Clc1ccnc2[nH]c(CCN3CCOCC3)cc12. The van der Waals surface area contributed by atoms with Crippen LogP contribution in [0, 0.1) is 0 Å². The van der Waals surface area contributed by atoms with Gasteiger partial charge in [-0.2, -0.15) is 0 Å². The lowest BCUT2D eigenvalue weighted by Crippen LogP contribution is -2.37. The number of H-pyrrole nitrogens is 1. The zero-order chi connectivity index (χ0) is 12.4. The van der Waals surface area contributed by atoms with E-state index in [4.69, 9.17) is 16.3 Å². The quantitative estimate of drug-likeness (QED) is 0.924. The van der Waals surface area contributed by atoms with Gasteiger partial charge in [0.2, 0.25) is 0 Å². The van der Waals surface area contributed by atoms with Gasteiger partial charge in [-0.05, 0) is 12.1 Å². The summed E-state index contributed by atoms with van der Waals surface area (Å²) in [5.74, 6) is 0. The van der Waals surface area contributed by atoms with Crippen molar-refractivity contribution < 1.29 is 4.74 Å². The van der Waals surface area contributed by atoms with Gasteiger partial charge in [0.15, 0.2) is 0 Å². The lowest BCUT2D eigenvalue weighted by Gasteiger charge is -2.26. The number of hydrogen-bond acceptors (Lipinski definition) is 3. The molecule has 0 bridgehead atoms. The van der Waals surface area contributed by atoms with E-state index in [1.54, 1.807) is 6.20 Å². The molecule has 5 heteroatoms. The number of hydrogen-bond donors (Lipinski definition) is 1. The van der Waals surface area contributed by atoms with Crippen molar-refractivity contribution >= 4 is 22.6 Å². The van der Waals surface area contributed by atoms with Gasteiger partial charge >= 0.3 is 0 Å². The molecule has 0 atom stereocenters. The number of ether oxygens (including phenoxy) is 1. The number of aromatic amines is 1. The lowest BCUT2D eigenvalue weighted by molar-refractivity contribution is 0.0383. The minimum Gasteiger partial charge on any atom is -0.379 e. The Morgan fingerprint density at radius 2 is 2.22 bits per heavy atom. The molecule has 2 aromatic rings. The van der Waals surface area contributed by atoms with Crippen molar-refractivity contribution in [2.45, 2.75) is 6.42 Å². The molecule has 0 spiro atoms. The Hall–Kier alpha value is -1.10. The number of morpholine rings is 1. The Kier molecular flexibility index (Phi) is 3.50. The first-order chi connectivity index (χ1) is 8.83. The monoisotopic (exact) mass is 265 g/mol. The van der Waals surface area contributed by atoms with Gasteiger partial charge in [0.05, 0.1) is 18.2 Å². The maximum atomic E-state index is 6.13. The van der Waals surface area contributed by atoms with E-state index in [0.717, 1.165) is 55.3 Å². The summed E-state index contributed by atoms with van der Waals surface area (Å²) in [5.41, 5.74) is 2.07. The van der Waals surface area contributed by atoms with Crippen LogP contribution in [0.15, 0.2) is 18.3 Å². The van der Waals surface area contributed by atoms with E-state index in [1.807, 2.05) is 6.07 Å². The van der Waals surface area contributed by atoms with E-state index in [9.17, 15) is 0 Å². The molecule has 0 saturated carbocycles. The molecule has 1 saturated heterocycles. The first-order valence-electron chi connectivity index (χ1n) is 6.25. The highest BCUT2D eigenvalue weighted by Crippen LogP contribution is 2.22. The summed E-state index contributed by atoms with van der Waals surface area (Å²) in [7, 11) is 0. The van der Waals surface area contributed by atoms with Gasteiger partial charge in [-0.15, -0.1) is 0 Å². The number of nitrogens with one attached hydrogen (secondary N) is 1. The number of nitrogens with zero attached hydrogens (tertiary/aromatic N) is 2. The summed E-state index contributed by atoms with van der Waals surface area (Å²) in [6.07, 6.45) is 2.72. The summed E-state index contributed by atoms with van der Waals surface area (Å²) in [6, 6.07) is 3.93. The first kappa shape index (κ1) is 12.0. The van der Waals surface area contributed by atoms with Crippen LogP contribution >= 0.6 is 11.6 Å². The second-order valence-corrected chi connectivity index (χ2v) is 4.96. The Labute approximate surface area is 111 Å². The molecule has 3 rings (SSSR count). The summed E-state index contributed by atoms with van der Waals surface area (Å²) < 4.78 is 5.34. The molecule has 1 fully saturated rings. The van der Waals surface area contributed by atoms with Crippen LogP contribution in [-0.2, 0) is 11.2 Å². The summed E-state index contributed by atoms with van der Waals surface area (Å²) in [5, 5.41) is 1.77. The molecule has 0 aromatic carbocycles. The highest BCUT2D eigenvalue weighted by molar-refractivity contribution is 6.35. The van der Waals surface area contributed by atoms with Crippen molar-refractivity contribution in [3.63, 3.8) is 0 Å². The zero-order valence-electron chi connectivity index (χ0n) is 10.2. The molecule has 0 radical (unpaired) electrons. The van der Waals surface area contributed by atoms with Gasteiger partial charge in [0.1, 0.15) is 5.65 Å². The number of pyridine rings is 1. The highest BCUT2D eigenvalue weighted by Gasteiger charge is 2.11. The number of rotatable bonds is 3. The first-order valence-corrected chi connectivity index (χ1v) is 6.63. The predicted molar refractivity (Wildman–Crippen MR) is 72.1 cm³/mol. The van der Waals surface area contributed by atoms with Crippen LogP contribution in [0.25, 0.3) is 11.0 Å². The Bertz CT molecular complexity index is 534. The molecule has 96 valence electrons. The van der Waals surface area contributed by atoms with Crippen LogP contribution in [0.5, 0.6) is 0 Å². The van der Waals surface area contributed by atoms with Crippen molar-refractivity contribution in [2.75, 3.05) is 32.8 Å². The minimum absolute atomic E-state index is 0.758. The molecule has 1 N–H and O–H groups in total. The van der Waals surface area contributed by atoms with Crippen LogP contribution in [-0.4, -0.2) is 47.7 Å². The van der Waals surface area contributed by atoms with Gasteiger partial charge in [-0.3, -0.25) is 4.90 Å². The molecule has 3 heterocycles. The third-order valence-corrected chi connectivity index (χ3v) is 3.67. The van der Waals surface area contributed by atoms with E-state index in [0.29, 0.717) is 0 Å².